The van der Waals surface area contributed by atoms with Crippen LogP contribution in [0.25, 0.3) is 0 Å². The SMILES string of the molecule is CCNCCCN.Oc1ccccc1. The van der Waals surface area contributed by atoms with Gasteiger partial charge >= 0.3 is 0 Å². The Morgan fingerprint density at radius 1 is 1.29 bits per heavy atom. The quantitative estimate of drug-likeness (QED) is 0.637. The second kappa shape index (κ2) is 10.0. The van der Waals surface area contributed by atoms with Crippen molar-refractivity contribution in [2.45, 2.75) is 13.3 Å². The van der Waals surface area contributed by atoms with Gasteiger partial charge in [0, 0.05) is 0 Å². The van der Waals surface area contributed by atoms with E-state index in [-0.39, 0.29) is 0 Å². The molecule has 0 saturated heterocycles. The minimum absolute atomic E-state index is 0.322. The van der Waals surface area contributed by atoms with Crippen molar-refractivity contribution in [2.75, 3.05) is 19.6 Å². The van der Waals surface area contributed by atoms with Crippen LogP contribution >= 0.6 is 0 Å². The second-order valence-corrected chi connectivity index (χ2v) is 2.83. The van der Waals surface area contributed by atoms with E-state index < -0.39 is 0 Å². The Kier molecular flexibility index (Phi) is 9.26. The van der Waals surface area contributed by atoms with Crippen LogP contribution in [0.4, 0.5) is 0 Å². The van der Waals surface area contributed by atoms with Crippen LogP contribution < -0.4 is 11.1 Å². The van der Waals surface area contributed by atoms with Crippen molar-refractivity contribution in [2.24, 2.45) is 5.73 Å². The van der Waals surface area contributed by atoms with Gasteiger partial charge in [-0.05, 0) is 38.2 Å². The molecule has 1 aromatic rings. The van der Waals surface area contributed by atoms with Crippen LogP contribution in [0, 0.1) is 0 Å². The van der Waals surface area contributed by atoms with Gasteiger partial charge in [0.2, 0.25) is 0 Å². The maximum Gasteiger partial charge on any atom is 0.115 e. The number of hydrogen-bond donors (Lipinski definition) is 3. The fraction of sp³-hybridized carbons (Fsp3) is 0.455. The largest absolute Gasteiger partial charge is 0.508 e. The van der Waals surface area contributed by atoms with E-state index in [1.807, 2.05) is 6.07 Å². The van der Waals surface area contributed by atoms with Crippen LogP contribution in [0.2, 0.25) is 0 Å². The zero-order chi connectivity index (χ0) is 10.6. The highest BCUT2D eigenvalue weighted by atomic mass is 16.3. The molecule has 1 rings (SSSR count). The average Bonchev–Trinajstić information content (AvgIpc) is 2.21. The molecule has 0 spiro atoms. The molecule has 0 bridgehead atoms. The highest BCUT2D eigenvalue weighted by Gasteiger charge is 1.77. The predicted octanol–water partition coefficient (Wildman–Crippen LogP) is 1.34. The van der Waals surface area contributed by atoms with E-state index >= 15 is 0 Å². The predicted molar refractivity (Wildman–Crippen MR) is 60.3 cm³/mol. The zero-order valence-electron chi connectivity index (χ0n) is 8.74. The van der Waals surface area contributed by atoms with Crippen LogP contribution in [-0.2, 0) is 0 Å². The van der Waals surface area contributed by atoms with Crippen molar-refractivity contribution in [1.82, 2.24) is 5.32 Å². The molecule has 3 heteroatoms. The highest BCUT2D eigenvalue weighted by molar-refractivity contribution is 5.18. The third-order valence-electron chi connectivity index (χ3n) is 1.56. The van der Waals surface area contributed by atoms with Crippen molar-refractivity contribution >= 4 is 0 Å². The standard InChI is InChI=1S/C6H6O.C5H14N2/c7-6-4-2-1-3-5-6;1-2-7-5-3-4-6/h1-5,7H;7H,2-6H2,1H3. The Morgan fingerprint density at radius 2 is 1.93 bits per heavy atom. The molecule has 4 N–H and O–H groups in total. The van der Waals surface area contributed by atoms with E-state index in [1.54, 1.807) is 24.3 Å². The lowest BCUT2D eigenvalue weighted by Gasteiger charge is -1.95. The molecule has 0 aliphatic carbocycles. The second-order valence-electron chi connectivity index (χ2n) is 2.83. The van der Waals surface area contributed by atoms with Gasteiger partial charge in [-0.25, -0.2) is 0 Å². The Balaban J connectivity index is 0.000000241. The molecule has 3 nitrogen and oxygen atoms in total. The zero-order valence-corrected chi connectivity index (χ0v) is 8.74. The van der Waals surface area contributed by atoms with Crippen molar-refractivity contribution in [3.05, 3.63) is 30.3 Å². The van der Waals surface area contributed by atoms with Crippen molar-refractivity contribution < 1.29 is 5.11 Å². The lowest BCUT2D eigenvalue weighted by Crippen LogP contribution is -2.17. The first kappa shape index (κ1) is 12.9. The molecule has 80 valence electrons. The Labute approximate surface area is 85.9 Å². The van der Waals surface area contributed by atoms with Gasteiger partial charge in [0.15, 0.2) is 0 Å². The summed E-state index contributed by atoms with van der Waals surface area (Å²) in [5.41, 5.74) is 5.23. The van der Waals surface area contributed by atoms with Gasteiger partial charge in [-0.2, -0.15) is 0 Å². The molecule has 0 amide bonds. The smallest absolute Gasteiger partial charge is 0.115 e. The van der Waals surface area contributed by atoms with Gasteiger partial charge in [0.25, 0.3) is 0 Å². The van der Waals surface area contributed by atoms with Crippen molar-refractivity contribution in [3.8, 4) is 5.75 Å². The number of phenolic OH excluding ortho intramolecular Hbond substituents is 1. The van der Waals surface area contributed by atoms with E-state index in [0.717, 1.165) is 26.1 Å². The summed E-state index contributed by atoms with van der Waals surface area (Å²) in [6.45, 7) is 5.01. The third-order valence-corrected chi connectivity index (χ3v) is 1.56. The molecule has 1 aromatic carbocycles. The molecule has 0 unspecified atom stereocenters. The van der Waals surface area contributed by atoms with E-state index in [0.29, 0.717) is 5.75 Å². The first-order chi connectivity index (χ1) is 6.81. The Bertz CT molecular complexity index is 198. The topological polar surface area (TPSA) is 58.3 Å². The number of phenols is 1. The van der Waals surface area contributed by atoms with Crippen molar-refractivity contribution in [3.63, 3.8) is 0 Å². The summed E-state index contributed by atoms with van der Waals surface area (Å²) < 4.78 is 0. The minimum Gasteiger partial charge on any atom is -0.508 e. The monoisotopic (exact) mass is 196 g/mol. The van der Waals surface area contributed by atoms with Gasteiger partial charge in [0.1, 0.15) is 5.75 Å². The molecule has 0 aromatic heterocycles. The first-order valence-corrected chi connectivity index (χ1v) is 4.96. The Morgan fingerprint density at radius 3 is 2.29 bits per heavy atom. The number of nitrogens with two attached hydrogens (primary N) is 1. The summed E-state index contributed by atoms with van der Waals surface area (Å²) >= 11 is 0. The van der Waals surface area contributed by atoms with Gasteiger partial charge < -0.3 is 16.2 Å². The molecule has 0 fully saturated rings. The van der Waals surface area contributed by atoms with E-state index in [4.69, 9.17) is 10.8 Å². The summed E-state index contributed by atoms with van der Waals surface area (Å²) in [5, 5.41) is 11.8. The maximum absolute atomic E-state index is 8.63. The van der Waals surface area contributed by atoms with E-state index in [9.17, 15) is 0 Å². The van der Waals surface area contributed by atoms with E-state index in [1.165, 1.54) is 0 Å². The summed E-state index contributed by atoms with van der Waals surface area (Å²) in [5.74, 6) is 0.322. The molecule has 0 saturated carbocycles. The fourth-order valence-corrected chi connectivity index (χ4v) is 0.832. The third kappa shape index (κ3) is 9.03. The number of para-hydroxylation sites is 1. The normalized spacial score (nSPS) is 9.00. The summed E-state index contributed by atoms with van der Waals surface area (Å²) in [4.78, 5) is 0. The number of rotatable bonds is 4. The Hall–Kier alpha value is -1.06. The molecule has 0 heterocycles. The number of hydrogen-bond acceptors (Lipinski definition) is 3. The molecular weight excluding hydrogens is 176 g/mol. The van der Waals surface area contributed by atoms with Crippen LogP contribution in [0.5, 0.6) is 5.75 Å². The molecular formula is C11H20N2O. The first-order valence-electron chi connectivity index (χ1n) is 4.96. The summed E-state index contributed by atoms with van der Waals surface area (Å²) in [6.07, 6.45) is 1.09. The number of nitrogens with one attached hydrogen (secondary N) is 1. The van der Waals surface area contributed by atoms with Crippen molar-refractivity contribution in [1.29, 1.82) is 0 Å². The van der Waals surface area contributed by atoms with Crippen LogP contribution in [-0.4, -0.2) is 24.7 Å². The highest BCUT2D eigenvalue weighted by Crippen LogP contribution is 2.02. The average molecular weight is 196 g/mol. The minimum atomic E-state index is 0.322. The van der Waals surface area contributed by atoms with Crippen LogP contribution in [0.3, 0.4) is 0 Å². The molecule has 0 atom stereocenters. The van der Waals surface area contributed by atoms with Gasteiger partial charge in [0.05, 0.1) is 0 Å². The molecule has 14 heavy (non-hydrogen) atoms. The lowest BCUT2D eigenvalue weighted by atomic mass is 10.3. The van der Waals surface area contributed by atoms with E-state index in [2.05, 4.69) is 12.2 Å². The van der Waals surface area contributed by atoms with Gasteiger partial charge in [-0.1, -0.05) is 25.1 Å². The lowest BCUT2D eigenvalue weighted by molar-refractivity contribution is 0.475. The summed E-state index contributed by atoms with van der Waals surface area (Å²) in [6, 6.07) is 8.71. The molecule has 0 aliphatic heterocycles. The number of benzene rings is 1. The van der Waals surface area contributed by atoms with Gasteiger partial charge in [-0.15, -0.1) is 0 Å². The van der Waals surface area contributed by atoms with Crippen LogP contribution in [0.15, 0.2) is 30.3 Å². The summed E-state index contributed by atoms with van der Waals surface area (Å²) in [7, 11) is 0. The molecule has 0 aliphatic rings. The van der Waals surface area contributed by atoms with Gasteiger partial charge in [-0.3, -0.25) is 0 Å². The fourth-order valence-electron chi connectivity index (χ4n) is 0.832. The maximum atomic E-state index is 8.63. The van der Waals surface area contributed by atoms with Crippen LogP contribution in [0.1, 0.15) is 13.3 Å². The molecule has 0 radical (unpaired) electrons. The number of aromatic hydroxyl groups is 1.